The van der Waals surface area contributed by atoms with E-state index in [0.29, 0.717) is 23.9 Å². The molecule has 0 fully saturated rings. The van der Waals surface area contributed by atoms with Crippen molar-refractivity contribution in [3.05, 3.63) is 30.6 Å². The van der Waals surface area contributed by atoms with E-state index in [1.54, 1.807) is 6.33 Å². The van der Waals surface area contributed by atoms with Crippen molar-refractivity contribution in [3.8, 4) is 5.75 Å². The van der Waals surface area contributed by atoms with E-state index >= 15 is 0 Å². The lowest BCUT2D eigenvalue weighted by molar-refractivity contribution is 0.340. The molecule has 0 bridgehead atoms. The van der Waals surface area contributed by atoms with Gasteiger partial charge >= 0.3 is 0 Å². The molecule has 0 saturated carbocycles. The normalized spacial score (nSPS) is 10.9. The van der Waals surface area contributed by atoms with Gasteiger partial charge in [-0.05, 0) is 37.6 Å². The zero-order chi connectivity index (χ0) is 24.3. The molecule has 34 heavy (non-hydrogen) atoms. The van der Waals surface area contributed by atoms with Crippen molar-refractivity contribution < 1.29 is 4.74 Å². The predicted octanol–water partition coefficient (Wildman–Crippen LogP) is 8.09. The number of rotatable bonds is 20. The second kappa shape index (κ2) is 17.9. The summed E-state index contributed by atoms with van der Waals surface area (Å²) in [4.78, 5) is 8.61. The summed E-state index contributed by atoms with van der Waals surface area (Å²) in [6, 6.07) is 7.76. The SMILES string of the molecule is CCCCCCCCCCCCCCCCNc1ncnc(Nc2ccc(OCC)cc2)c1N. The Balaban J connectivity index is 1.53. The van der Waals surface area contributed by atoms with Crippen LogP contribution >= 0.6 is 0 Å². The number of nitrogens with two attached hydrogens (primary N) is 1. The van der Waals surface area contributed by atoms with E-state index in [-0.39, 0.29) is 0 Å². The molecule has 4 N–H and O–H groups in total. The largest absolute Gasteiger partial charge is 0.494 e. The first kappa shape index (κ1) is 27.7. The minimum Gasteiger partial charge on any atom is -0.494 e. The van der Waals surface area contributed by atoms with Crippen LogP contribution in [0.4, 0.5) is 23.0 Å². The summed E-state index contributed by atoms with van der Waals surface area (Å²) < 4.78 is 5.48. The summed E-state index contributed by atoms with van der Waals surface area (Å²) >= 11 is 0. The molecule has 6 heteroatoms. The number of nitrogen functional groups attached to an aromatic ring is 1. The Morgan fingerprint density at radius 1 is 0.706 bits per heavy atom. The van der Waals surface area contributed by atoms with E-state index in [2.05, 4.69) is 27.5 Å². The van der Waals surface area contributed by atoms with Gasteiger partial charge in [0.15, 0.2) is 11.6 Å². The zero-order valence-corrected chi connectivity index (χ0v) is 21.6. The lowest BCUT2D eigenvalue weighted by Gasteiger charge is -2.13. The monoisotopic (exact) mass is 469 g/mol. The van der Waals surface area contributed by atoms with Crippen molar-refractivity contribution in [2.75, 3.05) is 29.5 Å². The van der Waals surface area contributed by atoms with Crippen LogP contribution < -0.4 is 21.1 Å². The average molecular weight is 470 g/mol. The first-order valence-electron chi connectivity index (χ1n) is 13.6. The van der Waals surface area contributed by atoms with Gasteiger partial charge in [0.25, 0.3) is 0 Å². The van der Waals surface area contributed by atoms with Gasteiger partial charge in [-0.25, -0.2) is 9.97 Å². The summed E-state index contributed by atoms with van der Waals surface area (Å²) in [6.07, 6.45) is 20.7. The van der Waals surface area contributed by atoms with Crippen molar-refractivity contribution in [1.29, 1.82) is 0 Å². The van der Waals surface area contributed by atoms with Gasteiger partial charge in [0.2, 0.25) is 0 Å². The quantitative estimate of drug-likeness (QED) is 0.170. The van der Waals surface area contributed by atoms with Gasteiger partial charge in [0.1, 0.15) is 17.8 Å². The molecule has 0 radical (unpaired) electrons. The lowest BCUT2D eigenvalue weighted by atomic mass is 10.0. The molecule has 0 aliphatic heterocycles. The molecule has 190 valence electrons. The topological polar surface area (TPSA) is 85.1 Å². The lowest BCUT2D eigenvalue weighted by Crippen LogP contribution is -2.09. The minimum atomic E-state index is 0.543. The van der Waals surface area contributed by atoms with E-state index < -0.39 is 0 Å². The fourth-order valence-corrected chi connectivity index (χ4v) is 4.10. The highest BCUT2D eigenvalue weighted by Gasteiger charge is 2.08. The molecule has 1 aromatic heterocycles. The van der Waals surface area contributed by atoms with Crippen LogP contribution in [0.5, 0.6) is 5.75 Å². The van der Waals surface area contributed by atoms with E-state index in [9.17, 15) is 0 Å². The first-order valence-corrected chi connectivity index (χ1v) is 13.6. The Hall–Kier alpha value is -2.50. The van der Waals surface area contributed by atoms with Crippen molar-refractivity contribution >= 4 is 23.0 Å². The molecule has 0 atom stereocenters. The number of ether oxygens (including phenoxy) is 1. The molecule has 2 aromatic rings. The Labute approximate surface area is 207 Å². The third-order valence-electron chi connectivity index (χ3n) is 6.13. The van der Waals surface area contributed by atoms with E-state index in [4.69, 9.17) is 10.5 Å². The molecule has 0 spiro atoms. The van der Waals surface area contributed by atoms with Gasteiger partial charge < -0.3 is 21.1 Å². The molecular formula is C28H47N5O. The third-order valence-corrected chi connectivity index (χ3v) is 6.13. The average Bonchev–Trinajstić information content (AvgIpc) is 2.85. The molecular weight excluding hydrogens is 422 g/mol. The molecule has 1 aromatic carbocycles. The minimum absolute atomic E-state index is 0.543. The smallest absolute Gasteiger partial charge is 0.159 e. The van der Waals surface area contributed by atoms with E-state index in [1.165, 1.54) is 83.5 Å². The Morgan fingerprint density at radius 2 is 1.24 bits per heavy atom. The Morgan fingerprint density at radius 3 is 1.79 bits per heavy atom. The number of aromatic nitrogens is 2. The molecule has 0 aliphatic carbocycles. The highest BCUT2D eigenvalue weighted by Crippen LogP contribution is 2.26. The number of hydrogen-bond acceptors (Lipinski definition) is 6. The number of anilines is 4. The van der Waals surface area contributed by atoms with Gasteiger partial charge in [0, 0.05) is 12.2 Å². The number of unbranched alkanes of at least 4 members (excludes halogenated alkanes) is 13. The summed E-state index contributed by atoms with van der Waals surface area (Å²) in [5, 5.41) is 6.64. The highest BCUT2D eigenvalue weighted by atomic mass is 16.5. The maximum atomic E-state index is 6.29. The number of hydrogen-bond donors (Lipinski definition) is 3. The van der Waals surface area contributed by atoms with Crippen LogP contribution in [-0.4, -0.2) is 23.1 Å². The fraction of sp³-hybridized carbons (Fsp3) is 0.643. The molecule has 0 saturated heterocycles. The highest BCUT2D eigenvalue weighted by molar-refractivity contribution is 5.77. The number of nitrogens with one attached hydrogen (secondary N) is 2. The van der Waals surface area contributed by atoms with Crippen molar-refractivity contribution in [2.45, 2.75) is 104 Å². The maximum absolute atomic E-state index is 6.29. The molecule has 0 amide bonds. The molecule has 0 aliphatic rings. The third kappa shape index (κ3) is 11.6. The Kier molecular flexibility index (Phi) is 14.6. The van der Waals surface area contributed by atoms with Crippen LogP contribution in [0.3, 0.4) is 0 Å². The van der Waals surface area contributed by atoms with E-state index in [1.807, 2.05) is 31.2 Å². The standard InChI is InChI=1S/C28H47N5O/c1-3-5-6-7-8-9-10-11-12-13-14-15-16-17-22-30-27-26(29)28(32-23-31-27)33-24-18-20-25(21-19-24)34-4-2/h18-21,23H,3-17,22,29H2,1-2H3,(H2,30,31,32,33). The van der Waals surface area contributed by atoms with Crippen LogP contribution in [0.25, 0.3) is 0 Å². The van der Waals surface area contributed by atoms with Crippen LogP contribution in [0, 0.1) is 0 Å². The summed E-state index contributed by atoms with van der Waals surface area (Å²) in [7, 11) is 0. The van der Waals surface area contributed by atoms with Gasteiger partial charge in [-0.15, -0.1) is 0 Å². The van der Waals surface area contributed by atoms with Crippen molar-refractivity contribution in [1.82, 2.24) is 9.97 Å². The predicted molar refractivity (Wildman–Crippen MR) is 146 cm³/mol. The van der Waals surface area contributed by atoms with Crippen molar-refractivity contribution in [3.63, 3.8) is 0 Å². The number of nitrogens with zero attached hydrogens (tertiary/aromatic N) is 2. The van der Waals surface area contributed by atoms with E-state index in [0.717, 1.165) is 24.4 Å². The van der Waals surface area contributed by atoms with Gasteiger partial charge in [0.05, 0.1) is 6.61 Å². The molecule has 0 unspecified atom stereocenters. The second-order valence-corrected chi connectivity index (χ2v) is 9.09. The van der Waals surface area contributed by atoms with Gasteiger partial charge in [-0.2, -0.15) is 0 Å². The zero-order valence-electron chi connectivity index (χ0n) is 21.6. The van der Waals surface area contributed by atoms with Crippen LogP contribution in [-0.2, 0) is 0 Å². The van der Waals surface area contributed by atoms with Crippen LogP contribution in [0.15, 0.2) is 30.6 Å². The van der Waals surface area contributed by atoms with Gasteiger partial charge in [-0.1, -0.05) is 90.4 Å². The molecule has 6 nitrogen and oxygen atoms in total. The fourth-order valence-electron chi connectivity index (χ4n) is 4.10. The Bertz CT molecular complexity index is 766. The second-order valence-electron chi connectivity index (χ2n) is 9.09. The van der Waals surface area contributed by atoms with Gasteiger partial charge in [-0.3, -0.25) is 0 Å². The molecule has 1 heterocycles. The first-order chi connectivity index (χ1) is 16.7. The van der Waals surface area contributed by atoms with Crippen molar-refractivity contribution in [2.24, 2.45) is 0 Å². The molecule has 2 rings (SSSR count). The maximum Gasteiger partial charge on any atom is 0.159 e. The summed E-state index contributed by atoms with van der Waals surface area (Å²) in [6.45, 7) is 5.78. The number of benzene rings is 1. The van der Waals surface area contributed by atoms with Crippen LogP contribution in [0.1, 0.15) is 104 Å². The summed E-state index contributed by atoms with van der Waals surface area (Å²) in [5.41, 5.74) is 7.75. The summed E-state index contributed by atoms with van der Waals surface area (Å²) in [5.74, 6) is 2.15. The van der Waals surface area contributed by atoms with Crippen LogP contribution in [0.2, 0.25) is 0 Å².